The fraction of sp³-hybridized carbons (Fsp3) is 0.727. The molecule has 0 heterocycles. The van der Waals surface area contributed by atoms with E-state index in [0.717, 1.165) is 18.2 Å². The van der Waals surface area contributed by atoms with Crippen LogP contribution in [0, 0.1) is 5.41 Å². The van der Waals surface area contributed by atoms with Crippen molar-refractivity contribution in [1.82, 2.24) is 0 Å². The first-order chi connectivity index (χ1) is 21.7. The standard InChI is InChI=1S/C33H56O12/c1-8-27(34)37-18-15-21-40-30(11-4)43-24-33(14-7,25-44-31(12-5)41-22-16-19-38-28(35)9-2)26-45-32(13-6)42-23-17-20-39-29(36)10-3/h8-10,30-32H,1-3,11-26H2,4-7H3. The second-order valence-corrected chi connectivity index (χ2v) is 10.1. The zero-order chi connectivity index (χ0) is 33.8. The molecule has 0 spiro atoms. The molecule has 0 N–H and O–H groups in total. The Balaban J connectivity index is 5.21. The van der Waals surface area contributed by atoms with Crippen molar-refractivity contribution in [3.63, 3.8) is 0 Å². The zero-order valence-electron chi connectivity index (χ0n) is 27.8. The van der Waals surface area contributed by atoms with Crippen LogP contribution in [0.4, 0.5) is 0 Å². The third kappa shape index (κ3) is 21.7. The molecule has 0 rings (SSSR count). The van der Waals surface area contributed by atoms with Gasteiger partial charge in [0.05, 0.1) is 59.5 Å². The minimum absolute atomic E-state index is 0.228. The van der Waals surface area contributed by atoms with Crippen molar-refractivity contribution in [2.75, 3.05) is 59.5 Å². The molecular weight excluding hydrogens is 588 g/mol. The van der Waals surface area contributed by atoms with Crippen LogP contribution in [0.5, 0.6) is 0 Å². The van der Waals surface area contributed by atoms with E-state index < -0.39 is 42.2 Å². The number of hydrogen-bond donors (Lipinski definition) is 0. The van der Waals surface area contributed by atoms with Gasteiger partial charge in [-0.25, -0.2) is 14.4 Å². The van der Waals surface area contributed by atoms with E-state index in [4.69, 9.17) is 42.6 Å². The topological polar surface area (TPSA) is 134 Å². The van der Waals surface area contributed by atoms with E-state index in [-0.39, 0.29) is 39.6 Å². The third-order valence-corrected chi connectivity index (χ3v) is 6.49. The Morgan fingerprint density at radius 2 is 0.800 bits per heavy atom. The summed E-state index contributed by atoms with van der Waals surface area (Å²) in [7, 11) is 0. The van der Waals surface area contributed by atoms with E-state index in [1.165, 1.54) is 0 Å². The molecule has 0 saturated carbocycles. The zero-order valence-corrected chi connectivity index (χ0v) is 27.8. The van der Waals surface area contributed by atoms with Crippen molar-refractivity contribution < 1.29 is 57.0 Å². The minimum Gasteiger partial charge on any atom is -0.462 e. The lowest BCUT2D eigenvalue weighted by atomic mass is 9.88. The molecule has 0 aliphatic carbocycles. The Morgan fingerprint density at radius 1 is 0.511 bits per heavy atom. The predicted molar refractivity (Wildman–Crippen MR) is 168 cm³/mol. The number of carbonyl (C=O) groups excluding carboxylic acids is 3. The maximum absolute atomic E-state index is 11.2. The monoisotopic (exact) mass is 644 g/mol. The minimum atomic E-state index is -0.553. The van der Waals surface area contributed by atoms with Crippen molar-refractivity contribution >= 4 is 17.9 Å². The number of rotatable bonds is 31. The third-order valence-electron chi connectivity index (χ3n) is 6.49. The molecule has 0 aromatic rings. The van der Waals surface area contributed by atoms with Crippen molar-refractivity contribution in [1.29, 1.82) is 0 Å². The highest BCUT2D eigenvalue weighted by Crippen LogP contribution is 2.27. The van der Waals surface area contributed by atoms with Gasteiger partial charge in [-0.1, -0.05) is 47.4 Å². The molecule has 3 atom stereocenters. The van der Waals surface area contributed by atoms with Gasteiger partial charge in [0, 0.05) is 42.9 Å². The van der Waals surface area contributed by atoms with Crippen LogP contribution in [0.3, 0.4) is 0 Å². The van der Waals surface area contributed by atoms with E-state index in [0.29, 0.717) is 64.8 Å². The van der Waals surface area contributed by atoms with Gasteiger partial charge in [-0.05, 0) is 25.7 Å². The Hall–Kier alpha value is -2.61. The summed E-state index contributed by atoms with van der Waals surface area (Å²) in [6.07, 6.45) is 6.03. The fourth-order valence-corrected chi connectivity index (χ4v) is 3.61. The average Bonchev–Trinajstić information content (AvgIpc) is 3.07. The van der Waals surface area contributed by atoms with Gasteiger partial charge >= 0.3 is 17.9 Å². The Labute approximate surface area is 269 Å². The first-order valence-electron chi connectivity index (χ1n) is 15.8. The Kier molecular flexibility index (Phi) is 26.1. The van der Waals surface area contributed by atoms with Gasteiger partial charge in [-0.3, -0.25) is 0 Å². The Bertz CT molecular complexity index is 728. The van der Waals surface area contributed by atoms with Crippen LogP contribution in [-0.4, -0.2) is 96.2 Å². The summed E-state index contributed by atoms with van der Waals surface area (Å²) < 4.78 is 51.3. The highest BCUT2D eigenvalue weighted by atomic mass is 16.7. The van der Waals surface area contributed by atoms with Crippen molar-refractivity contribution in [3.8, 4) is 0 Å². The van der Waals surface area contributed by atoms with Gasteiger partial charge in [-0.2, -0.15) is 0 Å². The van der Waals surface area contributed by atoms with E-state index in [9.17, 15) is 14.4 Å². The predicted octanol–water partition coefficient (Wildman–Crippen LogP) is 5.05. The second kappa shape index (κ2) is 27.7. The first kappa shape index (κ1) is 42.4. The van der Waals surface area contributed by atoms with Crippen LogP contribution in [0.2, 0.25) is 0 Å². The quantitative estimate of drug-likeness (QED) is 0.0329. The lowest BCUT2D eigenvalue weighted by Crippen LogP contribution is -2.41. The van der Waals surface area contributed by atoms with E-state index in [2.05, 4.69) is 19.7 Å². The highest BCUT2D eigenvalue weighted by molar-refractivity contribution is 5.81. The fourth-order valence-electron chi connectivity index (χ4n) is 3.61. The highest BCUT2D eigenvalue weighted by Gasteiger charge is 2.33. The summed E-state index contributed by atoms with van der Waals surface area (Å²) in [6, 6.07) is 0. The lowest BCUT2D eigenvalue weighted by molar-refractivity contribution is -0.222. The van der Waals surface area contributed by atoms with Gasteiger partial charge in [-0.15, -0.1) is 0 Å². The Morgan fingerprint density at radius 3 is 1.02 bits per heavy atom. The molecular formula is C33H56O12. The van der Waals surface area contributed by atoms with Crippen LogP contribution in [0.25, 0.3) is 0 Å². The van der Waals surface area contributed by atoms with Gasteiger partial charge in [0.25, 0.3) is 0 Å². The molecule has 0 amide bonds. The molecule has 260 valence electrons. The number of hydrogen-bond acceptors (Lipinski definition) is 12. The summed E-state index contributed by atoms with van der Waals surface area (Å²) in [4.78, 5) is 33.7. The van der Waals surface area contributed by atoms with Crippen LogP contribution in [0.1, 0.15) is 72.6 Å². The van der Waals surface area contributed by atoms with Gasteiger partial charge in [0.1, 0.15) is 0 Å². The molecule has 0 fully saturated rings. The maximum Gasteiger partial charge on any atom is 0.330 e. The summed E-state index contributed by atoms with van der Waals surface area (Å²) in [5, 5.41) is 0. The number of carbonyl (C=O) groups is 3. The largest absolute Gasteiger partial charge is 0.462 e. The number of esters is 3. The van der Waals surface area contributed by atoms with Crippen molar-refractivity contribution in [2.45, 2.75) is 91.5 Å². The summed E-state index contributed by atoms with van der Waals surface area (Å²) in [5.74, 6) is -1.41. The molecule has 0 aromatic carbocycles. The van der Waals surface area contributed by atoms with E-state index in [1.54, 1.807) is 0 Å². The molecule has 0 aromatic heterocycles. The molecule has 0 saturated heterocycles. The molecule has 12 heteroatoms. The normalized spacial score (nSPS) is 14.4. The van der Waals surface area contributed by atoms with Crippen molar-refractivity contribution in [3.05, 3.63) is 38.0 Å². The van der Waals surface area contributed by atoms with Crippen LogP contribution in [0.15, 0.2) is 38.0 Å². The number of ether oxygens (including phenoxy) is 9. The summed E-state index contributed by atoms with van der Waals surface area (Å²) in [6.45, 7) is 20.7. The lowest BCUT2D eigenvalue weighted by Gasteiger charge is -2.36. The SMILES string of the molecule is C=CC(=O)OCCCOC(CC)OCC(CC)(COC(CC)OCCCOC(=O)C=C)COC(CC)OCCCOC(=O)C=C. The maximum atomic E-state index is 11.2. The molecule has 45 heavy (non-hydrogen) atoms. The van der Waals surface area contributed by atoms with Crippen molar-refractivity contribution in [2.24, 2.45) is 5.41 Å². The molecule has 0 bridgehead atoms. The molecule has 0 aliphatic rings. The molecule has 12 nitrogen and oxygen atoms in total. The van der Waals surface area contributed by atoms with E-state index >= 15 is 0 Å². The van der Waals surface area contributed by atoms with E-state index in [1.807, 2.05) is 27.7 Å². The smallest absolute Gasteiger partial charge is 0.330 e. The van der Waals surface area contributed by atoms with Crippen LogP contribution in [-0.2, 0) is 57.0 Å². The average molecular weight is 645 g/mol. The van der Waals surface area contributed by atoms with Crippen LogP contribution < -0.4 is 0 Å². The van der Waals surface area contributed by atoms with Gasteiger partial charge < -0.3 is 42.6 Å². The van der Waals surface area contributed by atoms with Gasteiger partial charge in [0.15, 0.2) is 18.9 Å². The van der Waals surface area contributed by atoms with Crippen LogP contribution >= 0.6 is 0 Å². The summed E-state index contributed by atoms with van der Waals surface area (Å²) >= 11 is 0. The van der Waals surface area contributed by atoms with Gasteiger partial charge in [0.2, 0.25) is 0 Å². The first-order valence-corrected chi connectivity index (χ1v) is 15.8. The summed E-state index contributed by atoms with van der Waals surface area (Å²) in [5.41, 5.74) is -0.553. The second-order valence-electron chi connectivity index (χ2n) is 10.1. The molecule has 0 radical (unpaired) electrons. The molecule has 3 unspecified atom stereocenters. The molecule has 0 aliphatic heterocycles.